The highest BCUT2D eigenvalue weighted by Crippen LogP contribution is 2.17. The lowest BCUT2D eigenvalue weighted by molar-refractivity contribution is -0.907. The molecular formula is C20H23N4O4+. The molecule has 0 aliphatic heterocycles. The van der Waals surface area contributed by atoms with Crippen LogP contribution < -0.4 is 10.2 Å². The van der Waals surface area contributed by atoms with Crippen LogP contribution in [0.15, 0.2) is 51.5 Å². The number of ketones is 1. The first-order chi connectivity index (χ1) is 13.5. The Kier molecular flexibility index (Phi) is 6.33. The first-order valence-corrected chi connectivity index (χ1v) is 9.16. The summed E-state index contributed by atoms with van der Waals surface area (Å²) in [6.07, 6.45) is 2.45. The van der Waals surface area contributed by atoms with Crippen LogP contribution in [-0.4, -0.2) is 35.0 Å². The molecule has 0 bridgehead atoms. The van der Waals surface area contributed by atoms with Gasteiger partial charge in [0.15, 0.2) is 24.6 Å². The van der Waals surface area contributed by atoms with Gasteiger partial charge in [-0.25, -0.2) is 0 Å². The van der Waals surface area contributed by atoms with Crippen LogP contribution in [-0.2, 0) is 11.3 Å². The number of furan rings is 1. The van der Waals surface area contributed by atoms with Crippen LogP contribution in [0.3, 0.4) is 0 Å². The Morgan fingerprint density at radius 1 is 1.18 bits per heavy atom. The van der Waals surface area contributed by atoms with Gasteiger partial charge in [0, 0.05) is 11.3 Å². The first-order valence-electron chi connectivity index (χ1n) is 9.16. The fraction of sp³-hybridized carbons (Fsp3) is 0.300. The van der Waals surface area contributed by atoms with Crippen molar-refractivity contribution in [3.8, 4) is 11.7 Å². The molecule has 0 saturated heterocycles. The van der Waals surface area contributed by atoms with Crippen molar-refractivity contribution in [1.82, 2.24) is 10.2 Å². The number of hydrogen-bond acceptors (Lipinski definition) is 6. The van der Waals surface area contributed by atoms with E-state index in [1.54, 1.807) is 42.7 Å². The number of aromatic nitrogens is 2. The number of carbonyl (C=O) groups is 2. The van der Waals surface area contributed by atoms with Gasteiger partial charge in [-0.05, 0) is 37.6 Å². The summed E-state index contributed by atoms with van der Waals surface area (Å²) in [6.45, 7) is 5.00. The zero-order chi connectivity index (χ0) is 19.9. The maximum absolute atomic E-state index is 12.5. The Balaban J connectivity index is 1.62. The van der Waals surface area contributed by atoms with Crippen molar-refractivity contribution in [3.63, 3.8) is 0 Å². The van der Waals surface area contributed by atoms with E-state index < -0.39 is 0 Å². The van der Waals surface area contributed by atoms with Gasteiger partial charge in [0.1, 0.15) is 0 Å². The number of carbonyl (C=O) groups excluding carboxylic acids is 2. The second kappa shape index (κ2) is 9.09. The number of rotatable bonds is 9. The maximum Gasteiger partial charge on any atom is 0.283 e. The topological polar surface area (TPSA) is 103 Å². The lowest BCUT2D eigenvalue weighted by Crippen LogP contribution is -3.11. The molecular weight excluding hydrogens is 360 g/mol. The predicted octanol–water partition coefficient (Wildman–Crippen LogP) is 1.97. The molecule has 8 heteroatoms. The van der Waals surface area contributed by atoms with Gasteiger partial charge in [0.05, 0.1) is 12.8 Å². The minimum Gasteiger partial charge on any atom is -0.459 e. The lowest BCUT2D eigenvalue weighted by atomic mass is 10.1. The van der Waals surface area contributed by atoms with Crippen LogP contribution >= 0.6 is 0 Å². The summed E-state index contributed by atoms with van der Waals surface area (Å²) in [4.78, 5) is 25.0. The summed E-state index contributed by atoms with van der Waals surface area (Å²) >= 11 is 0. The van der Waals surface area contributed by atoms with Crippen LogP contribution in [0, 0.1) is 0 Å². The van der Waals surface area contributed by atoms with Crippen molar-refractivity contribution in [3.05, 3.63) is 54.1 Å². The molecule has 28 heavy (non-hydrogen) atoms. The number of anilines is 1. The molecule has 3 aromatic rings. The molecule has 1 atom stereocenters. The number of benzene rings is 1. The average molecular weight is 383 g/mol. The van der Waals surface area contributed by atoms with Gasteiger partial charge in [0.2, 0.25) is 0 Å². The molecule has 146 valence electrons. The highest BCUT2D eigenvalue weighted by Gasteiger charge is 2.19. The second-order valence-corrected chi connectivity index (χ2v) is 6.52. The van der Waals surface area contributed by atoms with E-state index >= 15 is 0 Å². The first kappa shape index (κ1) is 19.5. The van der Waals surface area contributed by atoms with E-state index in [1.165, 1.54) is 6.92 Å². The lowest BCUT2D eigenvalue weighted by Gasteiger charge is -2.16. The van der Waals surface area contributed by atoms with E-state index in [9.17, 15) is 9.59 Å². The van der Waals surface area contributed by atoms with Crippen molar-refractivity contribution in [2.45, 2.75) is 26.8 Å². The van der Waals surface area contributed by atoms with E-state index in [-0.39, 0.29) is 18.2 Å². The Hall–Kier alpha value is -3.26. The highest BCUT2D eigenvalue weighted by molar-refractivity contribution is 5.97. The molecule has 2 N–H and O–H groups in total. The standard InChI is InChI=1S/C20H22N4O4/c1-3-9-24(13-19-22-23-20(28-19)17-8-5-10-27-17)12-18(26)21-16-7-4-6-15(11-16)14(2)25/h4-8,10-11H,3,9,12-13H2,1-2H3,(H,21,26)/p+1. The van der Waals surface area contributed by atoms with Crippen LogP contribution in [0.5, 0.6) is 0 Å². The van der Waals surface area contributed by atoms with Crippen molar-refractivity contribution in [2.75, 3.05) is 18.4 Å². The fourth-order valence-corrected chi connectivity index (χ4v) is 2.88. The van der Waals surface area contributed by atoms with Crippen molar-refractivity contribution in [2.24, 2.45) is 0 Å². The summed E-state index contributed by atoms with van der Waals surface area (Å²) in [7, 11) is 0. The number of nitrogens with zero attached hydrogens (tertiary/aromatic N) is 2. The molecule has 2 heterocycles. The third-order valence-corrected chi connectivity index (χ3v) is 4.17. The van der Waals surface area contributed by atoms with Gasteiger partial charge in [-0.2, -0.15) is 0 Å². The molecule has 2 aromatic heterocycles. The van der Waals surface area contributed by atoms with Crippen LogP contribution in [0.4, 0.5) is 5.69 Å². The smallest absolute Gasteiger partial charge is 0.283 e. The van der Waals surface area contributed by atoms with Gasteiger partial charge >= 0.3 is 0 Å². The maximum atomic E-state index is 12.5. The molecule has 0 spiro atoms. The molecule has 3 rings (SSSR count). The molecule has 0 fully saturated rings. The summed E-state index contributed by atoms with van der Waals surface area (Å²) < 4.78 is 10.9. The van der Waals surface area contributed by atoms with E-state index in [2.05, 4.69) is 22.4 Å². The molecule has 1 amide bonds. The molecule has 0 saturated carbocycles. The largest absolute Gasteiger partial charge is 0.459 e. The van der Waals surface area contributed by atoms with E-state index in [0.29, 0.717) is 35.3 Å². The minimum absolute atomic E-state index is 0.0434. The predicted molar refractivity (Wildman–Crippen MR) is 102 cm³/mol. The molecule has 0 aliphatic carbocycles. The summed E-state index contributed by atoms with van der Waals surface area (Å²) in [5, 5.41) is 10.9. The zero-order valence-corrected chi connectivity index (χ0v) is 15.9. The summed E-state index contributed by atoms with van der Waals surface area (Å²) in [5.41, 5.74) is 1.17. The quantitative estimate of drug-likeness (QED) is 0.548. The van der Waals surface area contributed by atoms with Crippen LogP contribution in [0.1, 0.15) is 36.5 Å². The Morgan fingerprint density at radius 2 is 2.04 bits per heavy atom. The second-order valence-electron chi connectivity index (χ2n) is 6.52. The third kappa shape index (κ3) is 5.14. The van der Waals surface area contributed by atoms with E-state index in [0.717, 1.165) is 17.9 Å². The molecule has 1 aromatic carbocycles. The zero-order valence-electron chi connectivity index (χ0n) is 15.9. The van der Waals surface area contributed by atoms with Gasteiger partial charge in [-0.3, -0.25) is 9.59 Å². The van der Waals surface area contributed by atoms with E-state index in [1.807, 2.05) is 0 Å². The number of Topliss-reactive ketones (excluding diaryl/α,β-unsaturated/α-hetero) is 1. The van der Waals surface area contributed by atoms with Crippen LogP contribution in [0.2, 0.25) is 0 Å². The fourth-order valence-electron chi connectivity index (χ4n) is 2.88. The number of hydrogen-bond donors (Lipinski definition) is 2. The summed E-state index contributed by atoms with van der Waals surface area (Å²) in [6, 6.07) is 10.4. The summed E-state index contributed by atoms with van der Waals surface area (Å²) in [5.74, 6) is 1.09. The van der Waals surface area contributed by atoms with E-state index in [4.69, 9.17) is 8.83 Å². The average Bonchev–Trinajstić information content (AvgIpc) is 3.33. The monoisotopic (exact) mass is 383 g/mol. The van der Waals surface area contributed by atoms with Gasteiger partial charge in [0.25, 0.3) is 17.7 Å². The molecule has 0 radical (unpaired) electrons. The van der Waals surface area contributed by atoms with Gasteiger partial charge in [-0.1, -0.05) is 19.1 Å². The van der Waals surface area contributed by atoms with Gasteiger partial charge in [-0.15, -0.1) is 10.2 Å². The van der Waals surface area contributed by atoms with Crippen molar-refractivity contribution in [1.29, 1.82) is 0 Å². The Morgan fingerprint density at radius 3 is 2.75 bits per heavy atom. The van der Waals surface area contributed by atoms with Gasteiger partial charge < -0.3 is 19.1 Å². The van der Waals surface area contributed by atoms with Crippen molar-refractivity contribution < 1.29 is 23.3 Å². The number of quaternary nitrogens is 1. The van der Waals surface area contributed by atoms with Crippen LogP contribution in [0.25, 0.3) is 11.7 Å². The third-order valence-electron chi connectivity index (χ3n) is 4.17. The number of amides is 1. The molecule has 0 aliphatic rings. The highest BCUT2D eigenvalue weighted by atomic mass is 16.4. The number of nitrogens with one attached hydrogen (secondary N) is 2. The van der Waals surface area contributed by atoms with Crippen molar-refractivity contribution >= 4 is 17.4 Å². The SMILES string of the molecule is CCC[NH+](CC(=O)Nc1cccc(C(C)=O)c1)Cc1nnc(-c2ccco2)o1. The Labute approximate surface area is 162 Å². The minimum atomic E-state index is -0.144. The Bertz CT molecular complexity index is 933. The molecule has 1 unspecified atom stereocenters. The normalized spacial score (nSPS) is 11.9. The molecule has 8 nitrogen and oxygen atoms in total.